The number of carbonyl (C=O) groups is 1. The second-order valence-electron chi connectivity index (χ2n) is 9.69. The summed E-state index contributed by atoms with van der Waals surface area (Å²) in [4.78, 5) is 23.6. The summed E-state index contributed by atoms with van der Waals surface area (Å²) in [7, 11) is 0. The van der Waals surface area contributed by atoms with Crippen LogP contribution in [0.4, 0.5) is 0 Å². The predicted molar refractivity (Wildman–Crippen MR) is 150 cm³/mol. The molecule has 0 bridgehead atoms. The molecule has 2 aromatic heterocycles. The van der Waals surface area contributed by atoms with E-state index in [1.165, 1.54) is 16.7 Å². The lowest BCUT2D eigenvalue weighted by atomic mass is 9.96. The number of hydrogen-bond donors (Lipinski definition) is 0. The Morgan fingerprint density at radius 1 is 0.865 bits per heavy atom. The molecule has 0 aliphatic carbocycles. The van der Waals surface area contributed by atoms with Gasteiger partial charge in [-0.3, -0.25) is 14.1 Å². The predicted octanol–water partition coefficient (Wildman–Crippen LogP) is 5.85. The first-order valence-corrected chi connectivity index (χ1v) is 13.7. The van der Waals surface area contributed by atoms with Crippen molar-refractivity contribution in [1.29, 1.82) is 0 Å². The van der Waals surface area contributed by atoms with Crippen LogP contribution in [0.2, 0.25) is 0 Å². The first-order chi connectivity index (χ1) is 18.2. The first-order valence-electron chi connectivity index (χ1n) is 12.8. The second kappa shape index (κ2) is 10.3. The molecule has 6 rings (SSSR count). The molecule has 0 radical (unpaired) electrons. The Morgan fingerprint density at radius 2 is 1.49 bits per heavy atom. The number of rotatable bonds is 6. The molecular weight excluding hydrogens is 476 g/mol. The summed E-state index contributed by atoms with van der Waals surface area (Å²) in [5, 5.41) is 2.07. The largest absolute Gasteiger partial charge is 0.340 e. The highest BCUT2D eigenvalue weighted by Gasteiger charge is 2.28. The molecule has 0 N–H and O–H groups in total. The fraction of sp³-hybridized carbons (Fsp3) is 0.226. The Kier molecular flexibility index (Phi) is 6.60. The van der Waals surface area contributed by atoms with Crippen molar-refractivity contribution in [3.63, 3.8) is 0 Å². The molecule has 0 spiro atoms. The van der Waals surface area contributed by atoms with Gasteiger partial charge in [-0.25, -0.2) is 4.98 Å². The molecule has 3 aromatic carbocycles. The Morgan fingerprint density at radius 3 is 2.11 bits per heavy atom. The summed E-state index contributed by atoms with van der Waals surface area (Å²) in [6, 6.07) is 30.0. The number of piperazine rings is 1. The van der Waals surface area contributed by atoms with Crippen molar-refractivity contribution in [3.05, 3.63) is 119 Å². The molecule has 3 heterocycles. The fourth-order valence-corrected chi connectivity index (χ4v) is 6.07. The second-order valence-corrected chi connectivity index (χ2v) is 10.5. The molecule has 1 fully saturated rings. The van der Waals surface area contributed by atoms with Crippen LogP contribution in [0.3, 0.4) is 0 Å². The number of fused-ring (bicyclic) bond motifs is 1. The van der Waals surface area contributed by atoms with Crippen molar-refractivity contribution in [2.24, 2.45) is 0 Å². The Hall–Kier alpha value is -3.74. The molecule has 6 heteroatoms. The number of aryl methyl sites for hydroxylation is 1. The maximum Gasteiger partial charge on any atom is 0.228 e. The Labute approximate surface area is 221 Å². The number of thiazole rings is 1. The third-order valence-corrected chi connectivity index (χ3v) is 8.11. The number of imidazole rings is 1. The van der Waals surface area contributed by atoms with Crippen LogP contribution >= 0.6 is 11.3 Å². The highest BCUT2D eigenvalue weighted by Crippen LogP contribution is 2.30. The van der Waals surface area contributed by atoms with Gasteiger partial charge in [0, 0.05) is 49.0 Å². The molecule has 0 atom stereocenters. The number of carbonyl (C=O) groups excluding carboxylic acids is 1. The van der Waals surface area contributed by atoms with Gasteiger partial charge < -0.3 is 4.90 Å². The topological polar surface area (TPSA) is 40.9 Å². The summed E-state index contributed by atoms with van der Waals surface area (Å²) in [5.41, 5.74) is 6.86. The van der Waals surface area contributed by atoms with Crippen LogP contribution in [0.5, 0.6) is 0 Å². The fourth-order valence-electron chi connectivity index (χ4n) is 5.20. The molecule has 1 amide bonds. The van der Waals surface area contributed by atoms with E-state index in [0.717, 1.165) is 48.1 Å². The minimum atomic E-state index is 0.181. The van der Waals surface area contributed by atoms with Gasteiger partial charge in [-0.15, -0.1) is 11.3 Å². The monoisotopic (exact) mass is 506 g/mol. The maximum atomic E-state index is 13.3. The van der Waals surface area contributed by atoms with Crippen molar-refractivity contribution in [3.8, 4) is 11.3 Å². The van der Waals surface area contributed by atoms with Gasteiger partial charge in [0.15, 0.2) is 4.96 Å². The van der Waals surface area contributed by atoms with Gasteiger partial charge in [0.05, 0.1) is 18.2 Å². The highest BCUT2D eigenvalue weighted by atomic mass is 32.1. The van der Waals surface area contributed by atoms with E-state index in [9.17, 15) is 4.79 Å². The van der Waals surface area contributed by atoms with Crippen LogP contribution in [0.1, 0.15) is 28.4 Å². The van der Waals surface area contributed by atoms with Crippen LogP contribution in [0.25, 0.3) is 16.2 Å². The summed E-state index contributed by atoms with van der Waals surface area (Å²) in [5.74, 6) is 0.181. The van der Waals surface area contributed by atoms with Crippen molar-refractivity contribution in [2.45, 2.75) is 19.4 Å². The van der Waals surface area contributed by atoms with E-state index >= 15 is 0 Å². The lowest BCUT2D eigenvalue weighted by molar-refractivity contribution is -0.132. The van der Waals surface area contributed by atoms with Crippen molar-refractivity contribution in [1.82, 2.24) is 19.2 Å². The SMILES string of the molecule is Cc1ccc(-c2cn3c(CC(=O)N4CCN(C(c5ccccc5)c5ccccc5)CC4)csc3n2)cc1. The van der Waals surface area contributed by atoms with Gasteiger partial charge in [0.25, 0.3) is 0 Å². The van der Waals surface area contributed by atoms with Crippen molar-refractivity contribution in [2.75, 3.05) is 26.2 Å². The molecule has 37 heavy (non-hydrogen) atoms. The van der Waals surface area contributed by atoms with Crippen LogP contribution < -0.4 is 0 Å². The molecular formula is C31H30N4OS. The molecule has 5 nitrogen and oxygen atoms in total. The highest BCUT2D eigenvalue weighted by molar-refractivity contribution is 7.15. The average molecular weight is 507 g/mol. The van der Waals surface area contributed by atoms with E-state index in [2.05, 4.69) is 113 Å². The molecule has 5 aromatic rings. The van der Waals surface area contributed by atoms with E-state index in [1.54, 1.807) is 11.3 Å². The van der Waals surface area contributed by atoms with Gasteiger partial charge in [0.2, 0.25) is 5.91 Å². The summed E-state index contributed by atoms with van der Waals surface area (Å²) in [6.07, 6.45) is 2.45. The van der Waals surface area contributed by atoms with Crippen LogP contribution in [-0.4, -0.2) is 51.3 Å². The van der Waals surface area contributed by atoms with Crippen molar-refractivity contribution >= 4 is 22.2 Å². The molecule has 0 unspecified atom stereocenters. The number of benzene rings is 3. The van der Waals surface area contributed by atoms with Gasteiger partial charge in [0.1, 0.15) is 0 Å². The third kappa shape index (κ3) is 4.95. The lowest BCUT2D eigenvalue weighted by Crippen LogP contribution is -2.50. The van der Waals surface area contributed by atoms with E-state index in [0.29, 0.717) is 6.42 Å². The Balaban J connectivity index is 1.14. The van der Waals surface area contributed by atoms with Crippen LogP contribution in [-0.2, 0) is 11.2 Å². The number of aromatic nitrogens is 2. The molecule has 1 saturated heterocycles. The number of hydrogen-bond acceptors (Lipinski definition) is 4. The van der Waals surface area contributed by atoms with Gasteiger partial charge in [-0.2, -0.15) is 0 Å². The lowest BCUT2D eigenvalue weighted by Gasteiger charge is -2.39. The zero-order chi connectivity index (χ0) is 25.2. The van der Waals surface area contributed by atoms with Gasteiger partial charge >= 0.3 is 0 Å². The minimum absolute atomic E-state index is 0.181. The standard InChI is InChI=1S/C31H30N4OS/c1-23-12-14-24(15-13-23)28-21-35-27(22-37-31(35)32-28)20-29(36)33-16-18-34(19-17-33)30(25-8-4-2-5-9-25)26-10-6-3-7-11-26/h2-15,21-22,30H,16-20H2,1H3. The van der Waals surface area contributed by atoms with Gasteiger partial charge in [-0.05, 0) is 18.1 Å². The van der Waals surface area contributed by atoms with Crippen LogP contribution in [0.15, 0.2) is 96.5 Å². The first kappa shape index (κ1) is 23.6. The summed E-state index contributed by atoms with van der Waals surface area (Å²) < 4.78 is 2.08. The smallest absolute Gasteiger partial charge is 0.228 e. The number of amides is 1. The Bertz CT molecular complexity index is 1440. The third-order valence-electron chi connectivity index (χ3n) is 7.23. The number of nitrogens with zero attached hydrogens (tertiary/aromatic N) is 4. The summed E-state index contributed by atoms with van der Waals surface area (Å²) in [6.45, 7) is 5.26. The normalized spacial score (nSPS) is 14.5. The molecule has 1 aliphatic rings. The summed E-state index contributed by atoms with van der Waals surface area (Å²) >= 11 is 1.59. The maximum absolute atomic E-state index is 13.3. The van der Waals surface area contributed by atoms with Gasteiger partial charge in [-0.1, -0.05) is 90.5 Å². The van der Waals surface area contributed by atoms with Crippen LogP contribution in [0, 0.1) is 6.92 Å². The van der Waals surface area contributed by atoms with Crippen molar-refractivity contribution < 1.29 is 4.79 Å². The molecule has 186 valence electrons. The van der Waals surface area contributed by atoms with E-state index in [1.807, 2.05) is 4.90 Å². The minimum Gasteiger partial charge on any atom is -0.340 e. The quantitative estimate of drug-likeness (QED) is 0.290. The van der Waals surface area contributed by atoms with E-state index < -0.39 is 0 Å². The molecule has 1 aliphatic heterocycles. The van der Waals surface area contributed by atoms with E-state index in [-0.39, 0.29) is 11.9 Å². The zero-order valence-electron chi connectivity index (χ0n) is 21.0. The average Bonchev–Trinajstić information content (AvgIpc) is 3.53. The zero-order valence-corrected chi connectivity index (χ0v) is 21.8. The molecule has 0 saturated carbocycles. The van der Waals surface area contributed by atoms with E-state index in [4.69, 9.17) is 4.98 Å².